The fourth-order valence-corrected chi connectivity index (χ4v) is 2.63. The zero-order chi connectivity index (χ0) is 13.6. The molecule has 0 aliphatic rings. The summed E-state index contributed by atoms with van der Waals surface area (Å²) in [7, 11) is -2.01. The SMILES string of the molecule is C#CCN(C)S(=O)(=O)c1cccc(CNCC)c1. The molecule has 0 bridgehead atoms. The minimum atomic E-state index is -3.49. The molecule has 0 aliphatic heterocycles. The second-order valence-corrected chi connectivity index (χ2v) is 5.94. The minimum absolute atomic E-state index is 0.0692. The van der Waals surface area contributed by atoms with E-state index in [2.05, 4.69) is 11.2 Å². The van der Waals surface area contributed by atoms with Crippen LogP contribution in [0.4, 0.5) is 0 Å². The van der Waals surface area contributed by atoms with Gasteiger partial charge in [-0.2, -0.15) is 4.31 Å². The Bertz CT molecular complexity index is 532. The second kappa shape index (κ2) is 6.55. The van der Waals surface area contributed by atoms with Crippen molar-refractivity contribution in [2.45, 2.75) is 18.4 Å². The Kier molecular flexibility index (Phi) is 5.35. The highest BCUT2D eigenvalue weighted by atomic mass is 32.2. The van der Waals surface area contributed by atoms with Crippen LogP contribution < -0.4 is 5.32 Å². The molecule has 4 nitrogen and oxygen atoms in total. The molecule has 1 aromatic carbocycles. The number of rotatable bonds is 6. The van der Waals surface area contributed by atoms with Crippen LogP contribution in [0, 0.1) is 12.3 Å². The summed E-state index contributed by atoms with van der Waals surface area (Å²) in [6, 6.07) is 6.88. The molecule has 98 valence electrons. The Labute approximate surface area is 109 Å². The maximum absolute atomic E-state index is 12.2. The third kappa shape index (κ3) is 3.57. The Morgan fingerprint density at radius 1 is 1.44 bits per heavy atom. The summed E-state index contributed by atoms with van der Waals surface area (Å²) in [6.07, 6.45) is 5.13. The van der Waals surface area contributed by atoms with E-state index in [1.165, 1.54) is 11.4 Å². The Hall–Kier alpha value is -1.35. The van der Waals surface area contributed by atoms with Crippen molar-refractivity contribution in [1.82, 2.24) is 9.62 Å². The van der Waals surface area contributed by atoms with Crippen LogP contribution in [0.15, 0.2) is 29.2 Å². The first kappa shape index (κ1) is 14.7. The van der Waals surface area contributed by atoms with E-state index in [0.717, 1.165) is 12.1 Å². The van der Waals surface area contributed by atoms with Crippen molar-refractivity contribution in [1.29, 1.82) is 0 Å². The fraction of sp³-hybridized carbons (Fsp3) is 0.385. The van der Waals surface area contributed by atoms with Gasteiger partial charge in [-0.15, -0.1) is 6.42 Å². The van der Waals surface area contributed by atoms with E-state index in [1.54, 1.807) is 18.2 Å². The van der Waals surface area contributed by atoms with Crippen LogP contribution in [0.1, 0.15) is 12.5 Å². The number of nitrogens with zero attached hydrogens (tertiary/aromatic N) is 1. The number of hydrogen-bond donors (Lipinski definition) is 1. The predicted octanol–water partition coefficient (Wildman–Crippen LogP) is 1.05. The minimum Gasteiger partial charge on any atom is -0.313 e. The van der Waals surface area contributed by atoms with Gasteiger partial charge in [-0.1, -0.05) is 25.0 Å². The van der Waals surface area contributed by atoms with Crippen molar-refractivity contribution in [3.05, 3.63) is 29.8 Å². The first-order valence-corrected chi connectivity index (χ1v) is 7.15. The van der Waals surface area contributed by atoms with Gasteiger partial charge in [-0.25, -0.2) is 8.42 Å². The molecule has 1 N–H and O–H groups in total. The van der Waals surface area contributed by atoms with Crippen molar-refractivity contribution in [3.63, 3.8) is 0 Å². The Morgan fingerprint density at radius 2 is 2.17 bits per heavy atom. The van der Waals surface area contributed by atoms with Gasteiger partial charge in [-0.05, 0) is 24.2 Å². The molecular formula is C13H18N2O2S. The smallest absolute Gasteiger partial charge is 0.243 e. The molecule has 0 unspecified atom stereocenters. The van der Waals surface area contributed by atoms with Crippen LogP contribution in [0.2, 0.25) is 0 Å². The fourth-order valence-electron chi connectivity index (χ4n) is 1.48. The van der Waals surface area contributed by atoms with E-state index < -0.39 is 10.0 Å². The highest BCUT2D eigenvalue weighted by Crippen LogP contribution is 2.15. The van der Waals surface area contributed by atoms with Crippen LogP contribution in [-0.2, 0) is 16.6 Å². The summed E-state index contributed by atoms with van der Waals surface area (Å²) in [4.78, 5) is 0.274. The summed E-state index contributed by atoms with van der Waals surface area (Å²) in [6.45, 7) is 3.56. The molecule has 0 spiro atoms. The normalized spacial score (nSPS) is 11.4. The van der Waals surface area contributed by atoms with Gasteiger partial charge in [0.15, 0.2) is 0 Å². The standard InChI is InChI=1S/C13H18N2O2S/c1-4-9-15(3)18(16,17)13-8-6-7-12(10-13)11-14-5-2/h1,6-8,10,14H,5,9,11H2,2-3H3. The zero-order valence-corrected chi connectivity index (χ0v) is 11.5. The van der Waals surface area contributed by atoms with Gasteiger partial charge in [0.1, 0.15) is 0 Å². The van der Waals surface area contributed by atoms with Gasteiger partial charge < -0.3 is 5.32 Å². The third-order valence-electron chi connectivity index (χ3n) is 2.50. The predicted molar refractivity (Wildman–Crippen MR) is 72.5 cm³/mol. The lowest BCUT2D eigenvalue weighted by atomic mass is 10.2. The average molecular weight is 266 g/mol. The van der Waals surface area contributed by atoms with Gasteiger partial charge in [0.05, 0.1) is 11.4 Å². The highest BCUT2D eigenvalue weighted by Gasteiger charge is 2.19. The van der Waals surface area contributed by atoms with E-state index in [0.29, 0.717) is 6.54 Å². The topological polar surface area (TPSA) is 49.4 Å². The monoisotopic (exact) mass is 266 g/mol. The Morgan fingerprint density at radius 3 is 2.78 bits per heavy atom. The lowest BCUT2D eigenvalue weighted by Gasteiger charge is -2.15. The van der Waals surface area contributed by atoms with Crippen LogP contribution in [0.3, 0.4) is 0 Å². The summed E-state index contributed by atoms with van der Waals surface area (Å²) in [5, 5.41) is 3.16. The van der Waals surface area contributed by atoms with Crippen LogP contribution in [-0.4, -0.2) is 32.9 Å². The van der Waals surface area contributed by atoms with E-state index in [1.807, 2.05) is 13.0 Å². The zero-order valence-electron chi connectivity index (χ0n) is 10.7. The van der Waals surface area contributed by atoms with Gasteiger partial charge in [0, 0.05) is 13.6 Å². The highest BCUT2D eigenvalue weighted by molar-refractivity contribution is 7.89. The third-order valence-corrected chi connectivity index (χ3v) is 4.30. The molecule has 0 saturated carbocycles. The molecular weight excluding hydrogens is 248 g/mol. The number of benzene rings is 1. The maximum atomic E-state index is 12.2. The molecule has 5 heteroatoms. The average Bonchev–Trinajstić information content (AvgIpc) is 2.37. The quantitative estimate of drug-likeness (QED) is 0.783. The molecule has 0 atom stereocenters. The molecule has 0 radical (unpaired) electrons. The Balaban J connectivity index is 2.99. The van der Waals surface area contributed by atoms with E-state index in [-0.39, 0.29) is 11.4 Å². The lowest BCUT2D eigenvalue weighted by Crippen LogP contribution is -2.27. The molecule has 0 aromatic heterocycles. The van der Waals surface area contributed by atoms with Crippen molar-refractivity contribution >= 4 is 10.0 Å². The molecule has 1 rings (SSSR count). The lowest BCUT2D eigenvalue weighted by molar-refractivity contribution is 0.503. The molecule has 0 fully saturated rings. The van der Waals surface area contributed by atoms with Crippen molar-refractivity contribution in [2.24, 2.45) is 0 Å². The van der Waals surface area contributed by atoms with Crippen LogP contribution in [0.25, 0.3) is 0 Å². The van der Waals surface area contributed by atoms with E-state index >= 15 is 0 Å². The van der Waals surface area contributed by atoms with Crippen molar-refractivity contribution in [3.8, 4) is 12.3 Å². The number of nitrogens with one attached hydrogen (secondary N) is 1. The van der Waals surface area contributed by atoms with E-state index in [9.17, 15) is 8.42 Å². The first-order valence-electron chi connectivity index (χ1n) is 5.71. The summed E-state index contributed by atoms with van der Waals surface area (Å²) < 4.78 is 25.5. The molecule has 0 aliphatic carbocycles. The van der Waals surface area contributed by atoms with Gasteiger partial charge in [-0.3, -0.25) is 0 Å². The summed E-state index contributed by atoms with van der Waals surface area (Å²) >= 11 is 0. The van der Waals surface area contributed by atoms with Gasteiger partial charge in [0.2, 0.25) is 10.0 Å². The largest absolute Gasteiger partial charge is 0.313 e. The van der Waals surface area contributed by atoms with Crippen molar-refractivity contribution in [2.75, 3.05) is 20.1 Å². The van der Waals surface area contributed by atoms with Crippen LogP contribution >= 0.6 is 0 Å². The molecule has 1 aromatic rings. The van der Waals surface area contributed by atoms with E-state index in [4.69, 9.17) is 6.42 Å². The molecule has 0 amide bonds. The summed E-state index contributed by atoms with van der Waals surface area (Å²) in [5.41, 5.74) is 0.937. The second-order valence-electron chi connectivity index (χ2n) is 3.89. The van der Waals surface area contributed by atoms with Gasteiger partial charge in [0.25, 0.3) is 0 Å². The maximum Gasteiger partial charge on any atom is 0.243 e. The number of terminal acetylenes is 1. The first-order chi connectivity index (χ1) is 8.52. The number of sulfonamides is 1. The summed E-state index contributed by atoms with van der Waals surface area (Å²) in [5.74, 6) is 2.33. The number of hydrogen-bond acceptors (Lipinski definition) is 3. The molecule has 0 saturated heterocycles. The van der Waals surface area contributed by atoms with Gasteiger partial charge >= 0.3 is 0 Å². The molecule has 0 heterocycles. The van der Waals surface area contributed by atoms with Crippen molar-refractivity contribution < 1.29 is 8.42 Å². The van der Waals surface area contributed by atoms with Crippen LogP contribution in [0.5, 0.6) is 0 Å². The molecule has 18 heavy (non-hydrogen) atoms.